The number of methoxy groups -OCH3 is 5. The van der Waals surface area contributed by atoms with Crippen molar-refractivity contribution in [1.29, 1.82) is 0 Å². The van der Waals surface area contributed by atoms with Gasteiger partial charge in [0.05, 0.1) is 100 Å². The number of hydrogen-bond acceptors (Lipinski definition) is 26. The number of likely N-dealkylation sites (N-methyl/N-ethyl adjacent to an activating group) is 2. The number of aliphatic hydroxyl groups is 4. The molecule has 12 N–H and O–H groups in total. The van der Waals surface area contributed by atoms with Gasteiger partial charge in [-0.2, -0.15) is 0 Å². The summed E-state index contributed by atoms with van der Waals surface area (Å²) in [5.74, 6) is -5.08. The van der Waals surface area contributed by atoms with E-state index in [1.807, 2.05) is 92.6 Å². The topological polar surface area (TPSA) is 464 Å². The van der Waals surface area contributed by atoms with E-state index in [0.29, 0.717) is 45.1 Å². The Balaban J connectivity index is 0.00000321. The number of ether oxygens (including phenoxy) is 11. The van der Waals surface area contributed by atoms with Crippen LogP contribution in [0, 0.1) is 23.7 Å². The number of benzene rings is 1. The second kappa shape index (κ2) is 58.9. The number of esters is 1. The van der Waals surface area contributed by atoms with Crippen LogP contribution in [0.5, 0.6) is 0 Å². The van der Waals surface area contributed by atoms with Gasteiger partial charge in [-0.25, -0.2) is 14.4 Å². The monoisotopic (exact) mass is 1560 g/mol. The summed E-state index contributed by atoms with van der Waals surface area (Å²) in [5, 5.41) is 63.0. The Kier molecular flexibility index (Phi) is 55.1. The maximum Gasteiger partial charge on any atom is 0.407 e. The van der Waals surface area contributed by atoms with Crippen LogP contribution in [0.3, 0.4) is 0 Å². The molecule has 1 saturated heterocycles. The summed E-state index contributed by atoms with van der Waals surface area (Å²) in [7, 11) is 10.6. The van der Waals surface area contributed by atoms with Crippen LogP contribution in [0.15, 0.2) is 30.3 Å². The maximum atomic E-state index is 14.5. The first-order valence-corrected chi connectivity index (χ1v) is 37.5. The minimum Gasteiger partial charge on any atom is -0.481 e. The number of carboxylic acid groups (broad SMARTS) is 1. The lowest BCUT2D eigenvalue weighted by Crippen LogP contribution is -2.59. The Morgan fingerprint density at radius 2 is 1.11 bits per heavy atom. The Hall–Kier alpha value is -7.00. The highest BCUT2D eigenvalue weighted by Crippen LogP contribution is 2.30. The summed E-state index contributed by atoms with van der Waals surface area (Å²) in [6.07, 6.45) is -2.67. The Bertz CT molecular complexity index is 2700. The number of amides is 8. The van der Waals surface area contributed by atoms with E-state index in [0.717, 1.165) is 5.56 Å². The maximum absolute atomic E-state index is 14.5. The van der Waals surface area contributed by atoms with Gasteiger partial charge < -0.3 is 125 Å². The normalized spacial score (nSPS) is 16.8. The van der Waals surface area contributed by atoms with Crippen molar-refractivity contribution in [3.63, 3.8) is 0 Å². The third kappa shape index (κ3) is 40.2. The largest absolute Gasteiger partial charge is 0.481 e. The minimum atomic E-state index is -1.01. The molecule has 1 aromatic carbocycles. The summed E-state index contributed by atoms with van der Waals surface area (Å²) >= 11 is 0. The summed E-state index contributed by atoms with van der Waals surface area (Å²) in [6.45, 7) is 19.7. The Morgan fingerprint density at radius 1 is 0.587 bits per heavy atom. The molecular weight excluding hydrogens is 1430 g/mol. The summed E-state index contributed by atoms with van der Waals surface area (Å²) in [5.41, 5.74) is 0.798. The third-order valence-electron chi connectivity index (χ3n) is 18.1. The molecule has 16 atom stereocenters. The molecule has 0 saturated carbocycles. The van der Waals surface area contributed by atoms with Crippen LogP contribution in [0.4, 0.5) is 9.59 Å². The molecule has 35 nitrogen and oxygen atoms in total. The van der Waals surface area contributed by atoms with Crippen molar-refractivity contribution in [2.75, 3.05) is 122 Å². The first-order chi connectivity index (χ1) is 51.8. The second-order valence-corrected chi connectivity index (χ2v) is 26.9. The van der Waals surface area contributed by atoms with Crippen molar-refractivity contribution < 1.29 is 126 Å². The lowest BCUT2D eigenvalue weighted by molar-refractivity contribution is -0.181. The lowest BCUT2D eigenvalue weighted by Gasteiger charge is -2.41. The van der Waals surface area contributed by atoms with Gasteiger partial charge in [-0.1, -0.05) is 106 Å². The number of aliphatic hydroxyl groups excluding tert-OH is 4. The van der Waals surface area contributed by atoms with Crippen molar-refractivity contribution in [3.05, 3.63) is 35.9 Å². The zero-order valence-corrected chi connectivity index (χ0v) is 67.5. The molecule has 0 aliphatic carbocycles. The zero-order valence-electron chi connectivity index (χ0n) is 67.5. The third-order valence-corrected chi connectivity index (χ3v) is 18.1. The van der Waals surface area contributed by atoms with Gasteiger partial charge in [0.25, 0.3) is 0 Å². The number of rotatable bonds is 53. The van der Waals surface area contributed by atoms with Crippen LogP contribution in [0.2, 0.25) is 0 Å². The van der Waals surface area contributed by atoms with Gasteiger partial charge in [-0.15, -0.1) is 0 Å². The molecule has 7 unspecified atom stereocenters. The van der Waals surface area contributed by atoms with Crippen molar-refractivity contribution in [1.82, 2.24) is 47.0 Å². The summed E-state index contributed by atoms with van der Waals surface area (Å²) in [4.78, 5) is 132. The Labute approximate surface area is 643 Å². The number of carboxylic acids is 1. The van der Waals surface area contributed by atoms with E-state index in [1.54, 1.807) is 30.8 Å². The number of nitrogens with one attached hydrogen (secondary N) is 7. The molecule has 1 aliphatic rings. The minimum absolute atomic E-state index is 0.0100. The quantitative estimate of drug-likeness (QED) is 0.0192. The number of aliphatic carboxylic acids is 1. The van der Waals surface area contributed by atoms with E-state index in [1.165, 1.54) is 42.5 Å². The van der Waals surface area contributed by atoms with E-state index in [-0.39, 0.29) is 146 Å². The molecule has 35 heteroatoms. The molecule has 1 fully saturated rings. The highest BCUT2D eigenvalue weighted by atomic mass is 16.7. The lowest BCUT2D eigenvalue weighted by atomic mass is 9.89. The van der Waals surface area contributed by atoms with Crippen molar-refractivity contribution in [3.8, 4) is 0 Å². The van der Waals surface area contributed by atoms with Crippen molar-refractivity contribution in [2.24, 2.45) is 23.7 Å². The Morgan fingerprint density at radius 3 is 1.56 bits per heavy atom. The molecule has 8 amide bonds. The molecule has 109 heavy (non-hydrogen) atoms. The van der Waals surface area contributed by atoms with Gasteiger partial charge >= 0.3 is 24.1 Å². The fourth-order valence-electron chi connectivity index (χ4n) is 11.4. The van der Waals surface area contributed by atoms with Crippen LogP contribution in [0.1, 0.15) is 146 Å². The fraction of sp³-hybridized carbons (Fsp3) is 0.784. The molecule has 0 spiro atoms. The highest BCUT2D eigenvalue weighted by molar-refractivity contribution is 5.91. The molecule has 0 bridgehead atoms. The number of alkyl carbamates (subject to hydrolysis) is 2. The number of nitrogens with zero attached hydrogens (tertiary/aromatic N) is 2. The number of likely N-dealkylation sites (tertiary alicyclic amines) is 1. The predicted molar refractivity (Wildman–Crippen MR) is 401 cm³/mol. The standard InChI is InChI=1S/C56H96N8O15.C11H21NO7.C7H16O4/c1-15-36(7)49(63(11)54(71)48(35(5)6)62-53(70)47(57-10)34(3)4)43(74-12)31-45(67)64-28-20-24-42(64)50(76-14)37(8)51(68)61-41(30-39-22-18-17-19-23-39)52(69)58-26-21-29-77-55(72)38(9)60-44(66)25-27-59-56(73)78-33-46(75-13)79-40(16-2)32-65;1-3-8(6-13)19-10(17-2)7-18-11(16)12-5-4-9(14)15;1-3-6(4-8)11-7(5-9)10-2/h17-19,22-23,34-38,40-43,46-50,57,65H,15-16,20-21,24-33H2,1-14H3,(H,58,69)(H,59,73)(H,60,66)(H,61,68)(H,62,70);8,10,13H,3-7H2,1-2H3,(H,12,16)(H,14,15);6-9H,3-5H2,1-2H3/t36?,37-,38+,40?,41+,42+,43-,46?,47+,48+,49+,50-;;/m1../s1. The van der Waals surface area contributed by atoms with Gasteiger partial charge in [0, 0.05) is 81.6 Å². The van der Waals surface area contributed by atoms with E-state index >= 15 is 0 Å². The van der Waals surface area contributed by atoms with Crippen LogP contribution in [-0.2, 0) is 96.9 Å². The van der Waals surface area contributed by atoms with E-state index in [4.69, 9.17) is 72.5 Å². The van der Waals surface area contributed by atoms with Gasteiger partial charge in [-0.3, -0.25) is 33.6 Å². The first kappa shape index (κ1) is 102. The van der Waals surface area contributed by atoms with Gasteiger partial charge in [-0.05, 0) is 75.8 Å². The van der Waals surface area contributed by atoms with E-state index in [9.17, 15) is 53.1 Å². The van der Waals surface area contributed by atoms with Gasteiger partial charge in [0.1, 0.15) is 31.3 Å². The first-order valence-electron chi connectivity index (χ1n) is 37.5. The number of carbonyl (C=O) groups is 10. The zero-order chi connectivity index (χ0) is 82.7. The molecular formula is C74H133N9O26. The molecule has 1 aromatic rings. The SMILES string of the molecule is CCC(CO)OC(CO)OC.CCC(CO)OC(COC(=O)NCCC(=O)N[C@@H](C)C(=O)OCCCNC(=O)[C@H](Cc1ccccc1)NC(=O)[C@H](C)[C@@H](OC)[C@@H]1CCCN1C(=O)C[C@@H](OC)[C@H](C(C)CC)N(C)C(=O)[C@@H](NC(=O)[C@@H](NC)C(C)C)C(C)C)OC.CCC(CO)OC(COC(=O)NCCC(=O)O)OC. The fourth-order valence-corrected chi connectivity index (χ4v) is 11.4. The van der Waals surface area contributed by atoms with Crippen molar-refractivity contribution in [2.45, 2.75) is 232 Å². The van der Waals surface area contributed by atoms with Gasteiger partial charge in [0.2, 0.25) is 35.4 Å². The average molecular weight is 1560 g/mol. The van der Waals surface area contributed by atoms with E-state index in [2.05, 4.69) is 37.2 Å². The van der Waals surface area contributed by atoms with Crippen LogP contribution >= 0.6 is 0 Å². The van der Waals surface area contributed by atoms with Crippen LogP contribution in [-0.4, -0.2) is 303 Å². The molecule has 2 rings (SSSR count). The van der Waals surface area contributed by atoms with Crippen LogP contribution < -0.4 is 37.2 Å². The average Bonchev–Trinajstić information content (AvgIpc) is 1.71. The van der Waals surface area contributed by atoms with Crippen molar-refractivity contribution >= 4 is 59.6 Å². The second-order valence-electron chi connectivity index (χ2n) is 26.9. The molecule has 1 aliphatic heterocycles. The molecule has 630 valence electrons. The summed E-state index contributed by atoms with van der Waals surface area (Å²) < 4.78 is 58.0. The number of carbonyl (C=O) groups excluding carboxylic acids is 9. The molecule has 0 radical (unpaired) electrons. The van der Waals surface area contributed by atoms with Crippen LogP contribution in [0.25, 0.3) is 0 Å². The molecule has 1 heterocycles. The predicted octanol–water partition coefficient (Wildman–Crippen LogP) is 2.14. The van der Waals surface area contributed by atoms with E-state index < -0.39 is 121 Å². The van der Waals surface area contributed by atoms with Gasteiger partial charge in [0.15, 0.2) is 18.9 Å². The number of hydrogen-bond donors (Lipinski definition) is 12. The highest BCUT2D eigenvalue weighted by Gasteiger charge is 2.44. The summed E-state index contributed by atoms with van der Waals surface area (Å²) in [6, 6.07) is 4.86. The smallest absolute Gasteiger partial charge is 0.407 e. The molecule has 0 aromatic heterocycles.